The molecule has 0 aliphatic carbocycles. The van der Waals surface area contributed by atoms with E-state index in [0.29, 0.717) is 6.92 Å². The molecule has 0 saturated carbocycles. The summed E-state index contributed by atoms with van der Waals surface area (Å²) in [5.41, 5.74) is 0. The number of rotatable bonds is 2. The van der Waals surface area contributed by atoms with Crippen LogP contribution in [0.15, 0.2) is 0 Å². The maximum absolute atomic E-state index is 10.3. The molecule has 0 amide bonds. The summed E-state index contributed by atoms with van der Waals surface area (Å²) in [4.78, 5) is 33.0. The standard InChI is InChI=1S/C2H8O7P2.Na/c1-2(3,10(4,5)6)11(7,8)9;/h3H,1H3,(H2,4,5,6)(H2,7,8,9);/q;+1. The summed E-state index contributed by atoms with van der Waals surface area (Å²) in [6.45, 7) is 0.383. The zero-order valence-corrected chi connectivity index (χ0v) is 10.2. The average Bonchev–Trinajstić information content (AvgIpc) is 1.58. The molecule has 0 saturated heterocycles. The molecule has 10 heteroatoms. The molecule has 0 aromatic rings. The van der Waals surface area contributed by atoms with Crippen LogP contribution < -0.4 is 29.6 Å². The van der Waals surface area contributed by atoms with Gasteiger partial charge in [-0.25, -0.2) is 0 Å². The Morgan fingerprint density at radius 1 is 1.00 bits per heavy atom. The molecule has 0 bridgehead atoms. The van der Waals surface area contributed by atoms with Gasteiger partial charge in [0, 0.05) is 0 Å². The fourth-order valence-corrected chi connectivity index (χ4v) is 1.53. The Kier molecular flexibility index (Phi) is 5.49. The smallest absolute Gasteiger partial charge is 0.368 e. The van der Waals surface area contributed by atoms with Gasteiger partial charge in [0.15, 0.2) is 0 Å². The molecule has 0 rings (SSSR count). The first-order chi connectivity index (χ1) is 4.50. The van der Waals surface area contributed by atoms with Crippen molar-refractivity contribution in [3.05, 3.63) is 0 Å². The largest absolute Gasteiger partial charge is 1.00 e. The van der Waals surface area contributed by atoms with Crippen LogP contribution in [0.2, 0.25) is 0 Å². The Balaban J connectivity index is 0. The molecule has 5 N–H and O–H groups in total. The molecule has 0 radical (unpaired) electrons. The summed E-state index contributed by atoms with van der Waals surface area (Å²) < 4.78 is 20.5. The van der Waals surface area contributed by atoms with Crippen LogP contribution in [0.4, 0.5) is 0 Å². The van der Waals surface area contributed by atoms with E-state index in [-0.39, 0.29) is 29.6 Å². The van der Waals surface area contributed by atoms with Crippen LogP contribution in [-0.2, 0) is 9.13 Å². The van der Waals surface area contributed by atoms with Gasteiger partial charge in [-0.15, -0.1) is 0 Å². The molecule has 0 aromatic heterocycles. The predicted octanol–water partition coefficient (Wildman–Crippen LogP) is -3.99. The van der Waals surface area contributed by atoms with Gasteiger partial charge >= 0.3 is 44.7 Å². The van der Waals surface area contributed by atoms with Gasteiger partial charge in [-0.3, -0.25) is 9.13 Å². The Hall–Kier alpha value is 1.26. The Bertz CT molecular complexity index is 212. The minimum absolute atomic E-state index is 0. The van der Waals surface area contributed by atoms with Gasteiger partial charge < -0.3 is 24.7 Å². The summed E-state index contributed by atoms with van der Waals surface area (Å²) in [6.07, 6.45) is 0. The molecule has 0 atom stereocenters. The predicted molar refractivity (Wildman–Crippen MR) is 34.7 cm³/mol. The molecule has 7 nitrogen and oxygen atoms in total. The van der Waals surface area contributed by atoms with Crippen LogP contribution in [-0.4, -0.2) is 29.8 Å². The second kappa shape index (κ2) is 4.19. The van der Waals surface area contributed by atoms with Crippen LogP contribution in [0.1, 0.15) is 6.92 Å². The minimum Gasteiger partial charge on any atom is -0.368 e. The summed E-state index contributed by atoms with van der Waals surface area (Å²) >= 11 is 0. The van der Waals surface area contributed by atoms with Gasteiger partial charge in [0.1, 0.15) is 0 Å². The molecule has 0 aliphatic rings. The van der Waals surface area contributed by atoms with Gasteiger partial charge in [0.25, 0.3) is 5.08 Å². The van der Waals surface area contributed by atoms with E-state index < -0.39 is 20.3 Å². The van der Waals surface area contributed by atoms with Crippen molar-refractivity contribution in [2.45, 2.75) is 12.0 Å². The van der Waals surface area contributed by atoms with E-state index in [2.05, 4.69) is 0 Å². The third-order valence-electron chi connectivity index (χ3n) is 1.10. The van der Waals surface area contributed by atoms with E-state index in [0.717, 1.165) is 0 Å². The maximum atomic E-state index is 10.3. The molecule has 0 aliphatic heterocycles. The quantitative estimate of drug-likeness (QED) is 0.240. The van der Waals surface area contributed by atoms with Crippen molar-refractivity contribution in [3.63, 3.8) is 0 Å². The topological polar surface area (TPSA) is 135 Å². The first-order valence-corrected chi connectivity index (χ1v) is 5.56. The van der Waals surface area contributed by atoms with Gasteiger partial charge in [-0.2, -0.15) is 0 Å². The van der Waals surface area contributed by atoms with Crippen molar-refractivity contribution in [2.24, 2.45) is 0 Å². The normalized spacial score (nSPS) is 13.8. The monoisotopic (exact) mass is 229 g/mol. The minimum atomic E-state index is -5.20. The molecule has 0 heterocycles. The van der Waals surface area contributed by atoms with E-state index in [1.807, 2.05) is 0 Å². The molecule has 0 spiro atoms. The SMILES string of the molecule is CC(O)(P(=O)(O)O)P(=O)(O)O.[Na+]. The van der Waals surface area contributed by atoms with Crippen LogP contribution in [0.5, 0.6) is 0 Å². The summed E-state index contributed by atoms with van der Waals surface area (Å²) in [6, 6.07) is 0. The average molecular weight is 229 g/mol. The van der Waals surface area contributed by atoms with E-state index >= 15 is 0 Å². The van der Waals surface area contributed by atoms with Crippen LogP contribution in [0, 0.1) is 0 Å². The van der Waals surface area contributed by atoms with Crippen molar-refractivity contribution in [1.29, 1.82) is 0 Å². The van der Waals surface area contributed by atoms with Crippen molar-refractivity contribution >= 4 is 15.2 Å². The first kappa shape index (κ1) is 15.7. The van der Waals surface area contributed by atoms with E-state index in [1.54, 1.807) is 0 Å². The van der Waals surface area contributed by atoms with Gasteiger partial charge in [-0.1, -0.05) is 0 Å². The van der Waals surface area contributed by atoms with Crippen molar-refractivity contribution in [3.8, 4) is 0 Å². The van der Waals surface area contributed by atoms with Crippen LogP contribution in [0.3, 0.4) is 0 Å². The zero-order chi connectivity index (χ0) is 9.50. The molecule has 68 valence electrons. The van der Waals surface area contributed by atoms with Crippen LogP contribution in [0.25, 0.3) is 0 Å². The van der Waals surface area contributed by atoms with Gasteiger partial charge in [0.2, 0.25) is 0 Å². The fraction of sp³-hybridized carbons (Fsp3) is 1.00. The second-order valence-electron chi connectivity index (χ2n) is 2.06. The van der Waals surface area contributed by atoms with Gasteiger partial charge in [-0.05, 0) is 6.92 Å². The molecule has 0 fully saturated rings. The Labute approximate surface area is 90.4 Å². The summed E-state index contributed by atoms with van der Waals surface area (Å²) in [5.74, 6) is 0. The second-order valence-corrected chi connectivity index (χ2v) is 6.33. The molecular formula is C2H8NaO7P2+. The Morgan fingerprint density at radius 3 is 1.17 bits per heavy atom. The van der Waals surface area contributed by atoms with Crippen LogP contribution >= 0.6 is 15.2 Å². The maximum Gasteiger partial charge on any atom is 1.00 e. The van der Waals surface area contributed by atoms with E-state index in [1.165, 1.54) is 0 Å². The first-order valence-electron chi connectivity index (χ1n) is 2.34. The van der Waals surface area contributed by atoms with E-state index in [4.69, 9.17) is 24.7 Å². The molecule has 0 unspecified atom stereocenters. The third kappa shape index (κ3) is 3.20. The van der Waals surface area contributed by atoms with Crippen molar-refractivity contribution in [2.75, 3.05) is 0 Å². The fourth-order valence-electron chi connectivity index (χ4n) is 0.170. The number of aliphatic hydroxyl groups is 1. The van der Waals surface area contributed by atoms with Crippen molar-refractivity contribution in [1.82, 2.24) is 0 Å². The number of hydrogen-bond acceptors (Lipinski definition) is 3. The Morgan fingerprint density at radius 2 is 1.17 bits per heavy atom. The zero-order valence-electron chi connectivity index (χ0n) is 6.45. The van der Waals surface area contributed by atoms with E-state index in [9.17, 15) is 9.13 Å². The molecular weight excluding hydrogens is 221 g/mol. The van der Waals surface area contributed by atoms with Crippen molar-refractivity contribution < 1.29 is 63.4 Å². The summed E-state index contributed by atoms with van der Waals surface area (Å²) in [7, 11) is -10.4. The molecule has 0 aromatic carbocycles. The summed E-state index contributed by atoms with van der Waals surface area (Å²) in [5, 5.41) is 5.37. The third-order valence-corrected chi connectivity index (χ3v) is 4.87. The van der Waals surface area contributed by atoms with Gasteiger partial charge in [0.05, 0.1) is 0 Å². The number of hydrogen-bond donors (Lipinski definition) is 5. The molecule has 12 heavy (non-hydrogen) atoms.